The first-order chi connectivity index (χ1) is 18.3. The van der Waals surface area contributed by atoms with E-state index in [9.17, 15) is 50.1 Å². The summed E-state index contributed by atoms with van der Waals surface area (Å²) in [6.45, 7) is 6.50. The molecule has 8 nitrogen and oxygen atoms in total. The lowest BCUT2D eigenvalue weighted by Gasteiger charge is -2.46. The first kappa shape index (κ1) is 36.5. The van der Waals surface area contributed by atoms with E-state index in [1.807, 2.05) is 0 Å². The topological polar surface area (TPSA) is 104 Å². The van der Waals surface area contributed by atoms with E-state index in [0.717, 1.165) is 34.6 Å². The Labute approximate surface area is 233 Å². The van der Waals surface area contributed by atoms with Crippen molar-refractivity contribution in [2.24, 2.45) is 0 Å². The third-order valence-corrected chi connectivity index (χ3v) is 7.10. The normalized spacial score (nSPS) is 34.4. The number of carbonyl (C=O) groups excluding carboxylic acids is 1. The van der Waals surface area contributed by atoms with Gasteiger partial charge >= 0.3 is 41.7 Å². The molecule has 0 spiro atoms. The predicted molar refractivity (Wildman–Crippen MR) is 120 cm³/mol. The summed E-state index contributed by atoms with van der Waals surface area (Å²) in [5.41, 5.74) is -10.9. The van der Waals surface area contributed by atoms with E-state index in [0.29, 0.717) is 13.8 Å². The van der Waals surface area contributed by atoms with E-state index in [-0.39, 0.29) is 5.57 Å². The molecule has 42 heavy (non-hydrogen) atoms. The molecule has 2 saturated heterocycles. The molecule has 0 aromatic heterocycles. The predicted octanol–water partition coefficient (Wildman–Crippen LogP) is 4.81. The van der Waals surface area contributed by atoms with Gasteiger partial charge in [-0.1, -0.05) is 6.58 Å². The zero-order valence-electron chi connectivity index (χ0n) is 23.5. The Morgan fingerprint density at radius 2 is 1.19 bits per heavy atom. The van der Waals surface area contributed by atoms with Gasteiger partial charge in [0.15, 0.2) is 11.2 Å². The summed E-state index contributed by atoms with van der Waals surface area (Å²) in [6, 6.07) is 0. The van der Waals surface area contributed by atoms with E-state index >= 15 is 8.78 Å². The Bertz CT molecular complexity index is 1070. The Hall–Kier alpha value is -1.73. The van der Waals surface area contributed by atoms with Gasteiger partial charge in [0.1, 0.15) is 11.7 Å². The number of aliphatic hydroxyl groups is 2. The van der Waals surface area contributed by atoms with Gasteiger partial charge in [0.25, 0.3) is 0 Å². The van der Waals surface area contributed by atoms with Crippen LogP contribution in [-0.4, -0.2) is 93.7 Å². The summed E-state index contributed by atoms with van der Waals surface area (Å²) in [7, 11) is 0. The number of hydrogen-bond acceptors (Lipinski definition) is 8. The number of hydrogen-bond donors (Lipinski definition) is 2. The van der Waals surface area contributed by atoms with E-state index in [1.165, 1.54) is 0 Å². The van der Waals surface area contributed by atoms with Gasteiger partial charge in [-0.25, -0.2) is 4.79 Å². The van der Waals surface area contributed by atoms with Crippen LogP contribution in [0.2, 0.25) is 0 Å². The summed E-state index contributed by atoms with van der Waals surface area (Å²) in [5, 5.41) is 19.3. The van der Waals surface area contributed by atoms with Gasteiger partial charge in [0, 0.05) is 12.0 Å². The van der Waals surface area contributed by atoms with Crippen molar-refractivity contribution in [1.82, 2.24) is 0 Å². The average molecular weight is 638 g/mol. The molecule has 0 aromatic rings. The summed E-state index contributed by atoms with van der Waals surface area (Å²) in [4.78, 5) is 12.4. The maximum absolute atomic E-state index is 15.1. The fourth-order valence-electron chi connectivity index (χ4n) is 4.67. The monoisotopic (exact) mass is 638 g/mol. The molecule has 2 rings (SSSR count). The third-order valence-electron chi connectivity index (χ3n) is 7.10. The highest BCUT2D eigenvalue weighted by Gasteiger charge is 2.83. The molecule has 18 heteroatoms. The minimum atomic E-state index is -5.98. The zero-order chi connectivity index (χ0) is 33.4. The van der Waals surface area contributed by atoms with Crippen LogP contribution in [0.4, 0.5) is 43.9 Å². The van der Waals surface area contributed by atoms with Crippen molar-refractivity contribution in [1.29, 1.82) is 0 Å². The summed E-state index contributed by atoms with van der Waals surface area (Å²) >= 11 is 0. The fourth-order valence-corrected chi connectivity index (χ4v) is 4.67. The minimum absolute atomic E-state index is 0.264. The van der Waals surface area contributed by atoms with E-state index < -0.39 is 89.9 Å². The molecule has 0 radical (unpaired) electrons. The van der Waals surface area contributed by atoms with Gasteiger partial charge in [-0.15, -0.1) is 0 Å². The minimum Gasteiger partial charge on any atom is -0.456 e. The van der Waals surface area contributed by atoms with Crippen molar-refractivity contribution >= 4 is 5.97 Å². The molecule has 0 saturated carbocycles. The van der Waals surface area contributed by atoms with Crippen LogP contribution in [0.25, 0.3) is 0 Å². The molecule has 5 atom stereocenters. The Morgan fingerprint density at radius 3 is 1.50 bits per heavy atom. The van der Waals surface area contributed by atoms with Crippen LogP contribution in [0.5, 0.6) is 0 Å². The van der Waals surface area contributed by atoms with Crippen LogP contribution in [0.15, 0.2) is 12.2 Å². The van der Waals surface area contributed by atoms with Crippen molar-refractivity contribution in [3.8, 4) is 0 Å². The van der Waals surface area contributed by atoms with Crippen LogP contribution in [0.1, 0.15) is 54.9 Å². The highest BCUT2D eigenvalue weighted by Crippen LogP contribution is 2.57. The summed E-state index contributed by atoms with van der Waals surface area (Å²) < 4.78 is 164. The second-order valence-corrected chi connectivity index (χ2v) is 11.9. The smallest absolute Gasteiger partial charge is 0.449 e. The molecule has 0 amide bonds. The van der Waals surface area contributed by atoms with E-state index in [1.54, 1.807) is 0 Å². The van der Waals surface area contributed by atoms with Gasteiger partial charge in [-0.05, 0) is 48.5 Å². The van der Waals surface area contributed by atoms with Gasteiger partial charge in [-0.2, -0.15) is 43.9 Å². The van der Waals surface area contributed by atoms with Crippen LogP contribution < -0.4 is 0 Å². The molecular weight excluding hydrogens is 606 g/mol. The second-order valence-electron chi connectivity index (χ2n) is 11.9. The lowest BCUT2D eigenvalue weighted by Crippen LogP contribution is -2.65. The van der Waals surface area contributed by atoms with Gasteiger partial charge in [0.05, 0.1) is 18.8 Å². The number of ether oxygens (including phenoxy) is 5. The molecule has 0 aromatic carbocycles. The van der Waals surface area contributed by atoms with Gasteiger partial charge in [0.2, 0.25) is 0 Å². The van der Waals surface area contributed by atoms with E-state index in [2.05, 4.69) is 16.1 Å². The number of rotatable bonds is 9. The number of esters is 1. The molecule has 2 aliphatic heterocycles. The third kappa shape index (κ3) is 5.62. The molecule has 5 unspecified atom stereocenters. The van der Waals surface area contributed by atoms with Crippen LogP contribution in [0.3, 0.4) is 0 Å². The molecule has 2 N–H and O–H groups in total. The second kappa shape index (κ2) is 10.2. The summed E-state index contributed by atoms with van der Waals surface area (Å²) in [5.74, 6) is -21.3. The van der Waals surface area contributed by atoms with Gasteiger partial charge in [-0.3, -0.25) is 0 Å². The van der Waals surface area contributed by atoms with E-state index in [4.69, 9.17) is 14.2 Å². The van der Waals surface area contributed by atoms with Crippen molar-refractivity contribution in [2.75, 3.05) is 13.2 Å². The molecule has 0 bridgehead atoms. The lowest BCUT2D eigenvalue weighted by molar-refractivity contribution is -0.413. The van der Waals surface area contributed by atoms with Crippen LogP contribution in [-0.2, 0) is 28.5 Å². The summed E-state index contributed by atoms with van der Waals surface area (Å²) in [6.07, 6.45) is -14.6. The van der Waals surface area contributed by atoms with Crippen molar-refractivity contribution < 1.29 is 82.6 Å². The Morgan fingerprint density at radius 1 is 0.833 bits per heavy atom. The first-order valence-electron chi connectivity index (χ1n) is 12.1. The van der Waals surface area contributed by atoms with Crippen molar-refractivity contribution in [3.63, 3.8) is 0 Å². The Balaban J connectivity index is 2.46. The first-order valence-corrected chi connectivity index (χ1v) is 12.1. The number of carbonyl (C=O) groups is 1. The SMILES string of the molecule is C=C(C)C(=O)OC(CC(C)(C)OC1(C)COC(O)(C(F)(F)F)C1(F)F)C(C)(C)OC1(C)COC(O)(C(F)(F)F)C1(F)F. The molecule has 246 valence electrons. The van der Waals surface area contributed by atoms with Crippen LogP contribution >= 0.6 is 0 Å². The standard InChI is InChI=1S/C24H32F10O8/c1-12(2)14(35)40-13(16(5,6)42-18(8)11-39-22(37,20(18,27)28)24(32,33)34)9-15(3,4)41-17(7)10-38-21(36,19(17,25)26)23(29,30)31/h13,36-37H,1,9-11H2,2-8H3. The highest BCUT2D eigenvalue weighted by atomic mass is 19.4. The molecule has 2 heterocycles. The highest BCUT2D eigenvalue weighted by molar-refractivity contribution is 5.87. The lowest BCUT2D eigenvalue weighted by atomic mass is 9.86. The fraction of sp³-hybridized carbons (Fsp3) is 0.875. The van der Waals surface area contributed by atoms with Crippen LogP contribution in [0, 0.1) is 0 Å². The molecule has 2 fully saturated rings. The molecule has 0 aliphatic carbocycles. The molecule has 2 aliphatic rings. The largest absolute Gasteiger partial charge is 0.456 e. The Kier molecular flexibility index (Phi) is 8.81. The number of halogens is 10. The quantitative estimate of drug-likeness (QED) is 0.211. The van der Waals surface area contributed by atoms with Gasteiger partial charge < -0.3 is 33.9 Å². The van der Waals surface area contributed by atoms with Crippen molar-refractivity contribution in [3.05, 3.63) is 12.2 Å². The average Bonchev–Trinajstić information content (AvgIpc) is 3.06. The molecular formula is C24H32F10O8. The maximum atomic E-state index is 15.1. The number of alkyl halides is 10. The zero-order valence-corrected chi connectivity index (χ0v) is 23.5. The maximum Gasteiger partial charge on any atom is 0.449 e. The van der Waals surface area contributed by atoms with Crippen molar-refractivity contribution in [2.45, 2.75) is 119 Å².